The van der Waals surface area contributed by atoms with Crippen molar-refractivity contribution in [2.75, 3.05) is 30.3 Å². The van der Waals surface area contributed by atoms with E-state index in [1.165, 1.54) is 0 Å². The fraction of sp³-hybridized carbons (Fsp3) is 0.529. The van der Waals surface area contributed by atoms with Gasteiger partial charge in [0.1, 0.15) is 12.0 Å². The van der Waals surface area contributed by atoms with Gasteiger partial charge in [-0.25, -0.2) is 9.37 Å². The number of alkyl halides is 1. The van der Waals surface area contributed by atoms with Crippen LogP contribution in [0.5, 0.6) is 0 Å². The van der Waals surface area contributed by atoms with Crippen LogP contribution in [0, 0.1) is 18.3 Å². The molecule has 1 saturated heterocycles. The number of nitrogens with one attached hydrogen (secondary N) is 2. The van der Waals surface area contributed by atoms with Crippen LogP contribution in [-0.2, 0) is 7.05 Å². The highest BCUT2D eigenvalue weighted by Gasteiger charge is 2.31. The summed E-state index contributed by atoms with van der Waals surface area (Å²) in [6, 6.07) is 2.18. The van der Waals surface area contributed by atoms with Crippen LogP contribution >= 0.6 is 0 Å². The molecule has 0 radical (unpaired) electrons. The average molecular weight is 358 g/mol. The minimum absolute atomic E-state index is 0.0578. The second-order valence-electron chi connectivity index (χ2n) is 6.52. The van der Waals surface area contributed by atoms with Gasteiger partial charge < -0.3 is 10.6 Å². The van der Waals surface area contributed by atoms with Crippen molar-refractivity contribution in [3.8, 4) is 6.07 Å². The first kappa shape index (κ1) is 18.1. The van der Waals surface area contributed by atoms with Gasteiger partial charge >= 0.3 is 0 Å². The standard InChI is InChI=1S/C17H23FN8/c1-12-7-21-17(23-14-8-22-25(2)11-14)24-16(12)20-9-15-6-13(18)10-26(15)5-3-4-19/h7-8,11,13,15H,3,5-6,9-10H2,1-2H3,(H2,20,21,23,24). The molecule has 138 valence electrons. The molecule has 2 aromatic heterocycles. The lowest BCUT2D eigenvalue weighted by atomic mass is 10.2. The number of likely N-dealkylation sites (tertiary alicyclic amines) is 1. The van der Waals surface area contributed by atoms with Gasteiger partial charge in [-0.3, -0.25) is 9.58 Å². The second-order valence-corrected chi connectivity index (χ2v) is 6.52. The molecule has 2 N–H and O–H groups in total. The van der Waals surface area contributed by atoms with Crippen molar-refractivity contribution in [2.24, 2.45) is 7.05 Å². The van der Waals surface area contributed by atoms with E-state index >= 15 is 0 Å². The predicted octanol–water partition coefficient (Wildman–Crippen LogP) is 2.00. The number of nitrogens with zero attached hydrogens (tertiary/aromatic N) is 6. The van der Waals surface area contributed by atoms with E-state index in [1.807, 2.05) is 25.1 Å². The molecule has 1 fully saturated rings. The molecule has 2 atom stereocenters. The highest BCUT2D eigenvalue weighted by atomic mass is 19.1. The van der Waals surface area contributed by atoms with Crippen LogP contribution in [0.25, 0.3) is 0 Å². The summed E-state index contributed by atoms with van der Waals surface area (Å²) in [7, 11) is 1.84. The second kappa shape index (κ2) is 8.10. The topological polar surface area (TPSA) is 94.7 Å². The molecule has 1 aliphatic rings. The van der Waals surface area contributed by atoms with E-state index in [1.54, 1.807) is 17.1 Å². The maximum absolute atomic E-state index is 13.8. The Balaban J connectivity index is 1.63. The Morgan fingerprint density at radius 1 is 1.42 bits per heavy atom. The van der Waals surface area contributed by atoms with Crippen LogP contribution in [0.2, 0.25) is 0 Å². The first-order chi connectivity index (χ1) is 12.5. The maximum Gasteiger partial charge on any atom is 0.229 e. The summed E-state index contributed by atoms with van der Waals surface area (Å²) in [6.45, 7) is 3.50. The van der Waals surface area contributed by atoms with Crippen LogP contribution in [0.15, 0.2) is 18.6 Å². The number of aromatic nitrogens is 4. The third-order valence-electron chi connectivity index (χ3n) is 4.43. The molecule has 1 aliphatic heterocycles. The Bertz CT molecular complexity index is 783. The lowest BCUT2D eigenvalue weighted by molar-refractivity contribution is 0.255. The molecular formula is C17H23FN8. The molecule has 9 heteroatoms. The molecule has 0 aromatic carbocycles. The van der Waals surface area contributed by atoms with Gasteiger partial charge in [0.25, 0.3) is 0 Å². The van der Waals surface area contributed by atoms with E-state index in [0.29, 0.717) is 44.2 Å². The van der Waals surface area contributed by atoms with Crippen molar-refractivity contribution in [1.82, 2.24) is 24.6 Å². The third kappa shape index (κ3) is 4.46. The Kier molecular flexibility index (Phi) is 5.63. The molecule has 0 amide bonds. The van der Waals surface area contributed by atoms with Gasteiger partial charge in [-0.2, -0.15) is 15.3 Å². The average Bonchev–Trinajstić information content (AvgIpc) is 3.18. The van der Waals surface area contributed by atoms with E-state index in [2.05, 4.69) is 31.8 Å². The molecular weight excluding hydrogens is 335 g/mol. The van der Waals surface area contributed by atoms with Crippen LogP contribution in [0.4, 0.5) is 21.8 Å². The number of nitriles is 1. The van der Waals surface area contributed by atoms with Crippen LogP contribution in [0.3, 0.4) is 0 Å². The van der Waals surface area contributed by atoms with Gasteiger partial charge in [-0.1, -0.05) is 0 Å². The van der Waals surface area contributed by atoms with Crippen LogP contribution < -0.4 is 10.6 Å². The summed E-state index contributed by atoms with van der Waals surface area (Å²) in [5.41, 5.74) is 1.72. The normalized spacial score (nSPS) is 20.1. The molecule has 2 unspecified atom stereocenters. The lowest BCUT2D eigenvalue weighted by Crippen LogP contribution is -2.35. The van der Waals surface area contributed by atoms with Crippen molar-refractivity contribution < 1.29 is 4.39 Å². The van der Waals surface area contributed by atoms with Gasteiger partial charge in [-0.05, 0) is 13.3 Å². The maximum atomic E-state index is 13.8. The number of rotatable bonds is 7. The number of hydrogen-bond acceptors (Lipinski definition) is 7. The molecule has 8 nitrogen and oxygen atoms in total. The zero-order valence-corrected chi connectivity index (χ0v) is 15.0. The SMILES string of the molecule is Cc1cnc(Nc2cnn(C)c2)nc1NCC1CC(F)CN1CCC#N. The molecule has 0 aliphatic carbocycles. The molecule has 0 spiro atoms. The number of anilines is 3. The van der Waals surface area contributed by atoms with E-state index in [4.69, 9.17) is 5.26 Å². The Morgan fingerprint density at radius 3 is 3.00 bits per heavy atom. The highest BCUT2D eigenvalue weighted by Crippen LogP contribution is 2.22. The highest BCUT2D eigenvalue weighted by molar-refractivity contribution is 5.54. The molecule has 3 rings (SSSR count). The monoisotopic (exact) mass is 358 g/mol. The van der Waals surface area contributed by atoms with Crippen molar-refractivity contribution >= 4 is 17.5 Å². The van der Waals surface area contributed by atoms with Gasteiger partial charge in [-0.15, -0.1) is 0 Å². The molecule has 0 saturated carbocycles. The first-order valence-corrected chi connectivity index (χ1v) is 8.63. The molecule has 0 bridgehead atoms. The fourth-order valence-electron chi connectivity index (χ4n) is 3.11. The summed E-state index contributed by atoms with van der Waals surface area (Å²) in [5.74, 6) is 1.19. The smallest absolute Gasteiger partial charge is 0.229 e. The van der Waals surface area contributed by atoms with Crippen molar-refractivity contribution in [3.63, 3.8) is 0 Å². The van der Waals surface area contributed by atoms with E-state index in [0.717, 1.165) is 11.3 Å². The quantitative estimate of drug-likeness (QED) is 0.782. The minimum Gasteiger partial charge on any atom is -0.368 e. The van der Waals surface area contributed by atoms with E-state index < -0.39 is 6.17 Å². The summed E-state index contributed by atoms with van der Waals surface area (Å²) in [5, 5.41) is 19.3. The van der Waals surface area contributed by atoms with Gasteiger partial charge in [0.2, 0.25) is 5.95 Å². The third-order valence-corrected chi connectivity index (χ3v) is 4.43. The van der Waals surface area contributed by atoms with Crippen LogP contribution in [0.1, 0.15) is 18.4 Å². The van der Waals surface area contributed by atoms with E-state index in [9.17, 15) is 4.39 Å². The number of halogens is 1. The Morgan fingerprint density at radius 2 is 2.27 bits per heavy atom. The van der Waals surface area contributed by atoms with Gasteiger partial charge in [0.05, 0.1) is 18.0 Å². The Hall–Kier alpha value is -2.73. The lowest BCUT2D eigenvalue weighted by Gasteiger charge is -2.23. The summed E-state index contributed by atoms with van der Waals surface area (Å²) < 4.78 is 15.5. The van der Waals surface area contributed by atoms with Crippen LogP contribution in [-0.4, -0.2) is 56.5 Å². The summed E-state index contributed by atoms with van der Waals surface area (Å²) in [4.78, 5) is 10.8. The fourth-order valence-corrected chi connectivity index (χ4v) is 3.11. The largest absolute Gasteiger partial charge is 0.368 e. The van der Waals surface area contributed by atoms with Crippen molar-refractivity contribution in [1.29, 1.82) is 5.26 Å². The zero-order valence-electron chi connectivity index (χ0n) is 15.0. The minimum atomic E-state index is -0.838. The summed E-state index contributed by atoms with van der Waals surface area (Å²) in [6.07, 6.45) is 5.33. The van der Waals surface area contributed by atoms with Crippen molar-refractivity contribution in [2.45, 2.75) is 32.0 Å². The predicted molar refractivity (Wildman–Crippen MR) is 96.9 cm³/mol. The van der Waals surface area contributed by atoms with E-state index in [-0.39, 0.29) is 6.04 Å². The number of hydrogen-bond donors (Lipinski definition) is 2. The molecule has 26 heavy (non-hydrogen) atoms. The van der Waals surface area contributed by atoms with Gasteiger partial charge in [0, 0.05) is 57.1 Å². The Labute approximate surface area is 152 Å². The number of aryl methyl sites for hydroxylation is 2. The first-order valence-electron chi connectivity index (χ1n) is 8.63. The van der Waals surface area contributed by atoms with Gasteiger partial charge in [0.15, 0.2) is 0 Å². The molecule has 2 aromatic rings. The zero-order chi connectivity index (χ0) is 18.5. The van der Waals surface area contributed by atoms with Crippen molar-refractivity contribution in [3.05, 3.63) is 24.2 Å². The molecule has 3 heterocycles. The summed E-state index contributed by atoms with van der Waals surface area (Å²) >= 11 is 0.